The van der Waals surface area contributed by atoms with Crippen LogP contribution in [0.2, 0.25) is 0 Å². The lowest BCUT2D eigenvalue weighted by Crippen LogP contribution is -2.05. The number of rotatable bonds is 5. The van der Waals surface area contributed by atoms with Crippen LogP contribution in [0.1, 0.15) is 5.56 Å². The van der Waals surface area contributed by atoms with Crippen molar-refractivity contribution in [1.82, 2.24) is 15.1 Å². The van der Waals surface area contributed by atoms with Crippen LogP contribution >= 0.6 is 0 Å². The Morgan fingerprint density at radius 3 is 2.68 bits per heavy atom. The van der Waals surface area contributed by atoms with Crippen molar-refractivity contribution in [1.29, 1.82) is 0 Å². The van der Waals surface area contributed by atoms with E-state index < -0.39 is 0 Å². The van der Waals surface area contributed by atoms with Crippen LogP contribution in [0, 0.1) is 0 Å². The molecule has 5 nitrogen and oxygen atoms in total. The minimum atomic E-state index is 0.754. The molecule has 0 aliphatic heterocycles. The van der Waals surface area contributed by atoms with Crippen LogP contribution in [0.15, 0.2) is 24.4 Å². The number of aromatic nitrogens is 2. The number of hydrogen-bond donors (Lipinski definition) is 1. The van der Waals surface area contributed by atoms with Crippen molar-refractivity contribution in [2.24, 2.45) is 7.05 Å². The van der Waals surface area contributed by atoms with Gasteiger partial charge in [-0.1, -0.05) is 0 Å². The second kappa shape index (κ2) is 5.75. The Morgan fingerprint density at radius 2 is 2.05 bits per heavy atom. The lowest BCUT2D eigenvalue weighted by atomic mass is 10.1. The lowest BCUT2D eigenvalue weighted by Gasteiger charge is -2.10. The quantitative estimate of drug-likeness (QED) is 0.892. The fourth-order valence-corrected chi connectivity index (χ4v) is 2.08. The van der Waals surface area contributed by atoms with Gasteiger partial charge in [0.1, 0.15) is 17.2 Å². The fourth-order valence-electron chi connectivity index (χ4n) is 2.08. The molecule has 1 heterocycles. The number of ether oxygens (including phenoxy) is 2. The molecule has 1 N–H and O–H groups in total. The third kappa shape index (κ3) is 2.71. The number of nitrogens with one attached hydrogen (secondary N) is 1. The third-order valence-corrected chi connectivity index (χ3v) is 2.93. The van der Waals surface area contributed by atoms with Gasteiger partial charge in [-0.3, -0.25) is 4.68 Å². The van der Waals surface area contributed by atoms with E-state index in [1.165, 1.54) is 0 Å². The van der Waals surface area contributed by atoms with E-state index in [0.717, 1.165) is 34.9 Å². The molecule has 0 saturated carbocycles. The smallest absolute Gasteiger partial charge is 0.128 e. The van der Waals surface area contributed by atoms with Crippen LogP contribution in [-0.4, -0.2) is 31.0 Å². The van der Waals surface area contributed by atoms with Gasteiger partial charge in [-0.15, -0.1) is 0 Å². The molecule has 1 aromatic heterocycles. The molecule has 2 aromatic rings. The van der Waals surface area contributed by atoms with Crippen molar-refractivity contribution in [2.45, 2.75) is 6.54 Å². The van der Waals surface area contributed by atoms with Crippen LogP contribution < -0.4 is 14.8 Å². The normalized spacial score (nSPS) is 10.5. The average molecular weight is 261 g/mol. The summed E-state index contributed by atoms with van der Waals surface area (Å²) in [5, 5.41) is 7.67. The molecular weight excluding hydrogens is 242 g/mol. The molecule has 2 rings (SSSR count). The van der Waals surface area contributed by atoms with E-state index in [-0.39, 0.29) is 0 Å². The van der Waals surface area contributed by atoms with Crippen LogP contribution in [-0.2, 0) is 13.6 Å². The minimum Gasteiger partial charge on any atom is -0.497 e. The Bertz CT molecular complexity index is 564. The predicted octanol–water partition coefficient (Wildman–Crippen LogP) is 1.82. The average Bonchev–Trinajstić information content (AvgIpc) is 2.79. The van der Waals surface area contributed by atoms with Crippen molar-refractivity contribution < 1.29 is 9.47 Å². The molecule has 102 valence electrons. The summed E-state index contributed by atoms with van der Waals surface area (Å²) in [6.45, 7) is 0.754. The zero-order valence-corrected chi connectivity index (χ0v) is 11.7. The van der Waals surface area contributed by atoms with Gasteiger partial charge < -0.3 is 14.8 Å². The maximum absolute atomic E-state index is 5.42. The van der Waals surface area contributed by atoms with Gasteiger partial charge in [-0.05, 0) is 25.2 Å². The van der Waals surface area contributed by atoms with E-state index >= 15 is 0 Å². The number of aryl methyl sites for hydroxylation is 1. The minimum absolute atomic E-state index is 0.754. The number of benzene rings is 1. The van der Waals surface area contributed by atoms with Crippen molar-refractivity contribution >= 4 is 0 Å². The van der Waals surface area contributed by atoms with Gasteiger partial charge in [0.05, 0.1) is 14.2 Å². The van der Waals surface area contributed by atoms with Crippen molar-refractivity contribution in [2.75, 3.05) is 21.3 Å². The molecule has 0 aliphatic carbocycles. The molecule has 0 atom stereocenters. The standard InChI is InChI=1S/C14H19N3O2/c1-15-8-10-9-17(2)16-14(10)12-7-11(18-3)5-6-13(12)19-4/h5-7,9,15H,8H2,1-4H3. The Labute approximate surface area is 113 Å². The largest absolute Gasteiger partial charge is 0.497 e. The Hall–Kier alpha value is -2.01. The topological polar surface area (TPSA) is 48.3 Å². The van der Waals surface area contributed by atoms with Crippen LogP contribution in [0.5, 0.6) is 11.5 Å². The fraction of sp³-hybridized carbons (Fsp3) is 0.357. The summed E-state index contributed by atoms with van der Waals surface area (Å²) >= 11 is 0. The van der Waals surface area contributed by atoms with Gasteiger partial charge in [-0.25, -0.2) is 0 Å². The highest BCUT2D eigenvalue weighted by molar-refractivity contribution is 5.71. The molecule has 0 saturated heterocycles. The van der Waals surface area contributed by atoms with E-state index in [9.17, 15) is 0 Å². The predicted molar refractivity (Wildman–Crippen MR) is 74.5 cm³/mol. The maximum Gasteiger partial charge on any atom is 0.128 e. The number of hydrogen-bond acceptors (Lipinski definition) is 4. The lowest BCUT2D eigenvalue weighted by molar-refractivity contribution is 0.404. The summed E-state index contributed by atoms with van der Waals surface area (Å²) in [4.78, 5) is 0. The zero-order valence-electron chi connectivity index (χ0n) is 11.7. The van der Waals surface area contributed by atoms with Gasteiger partial charge in [0.25, 0.3) is 0 Å². The van der Waals surface area contributed by atoms with E-state index in [1.807, 2.05) is 38.5 Å². The molecular formula is C14H19N3O2. The van der Waals surface area contributed by atoms with E-state index in [2.05, 4.69) is 10.4 Å². The molecule has 0 spiro atoms. The molecule has 0 amide bonds. The molecule has 0 aliphatic rings. The van der Waals surface area contributed by atoms with E-state index in [4.69, 9.17) is 9.47 Å². The summed E-state index contributed by atoms with van der Waals surface area (Å²) in [5.41, 5.74) is 2.97. The van der Waals surface area contributed by atoms with Gasteiger partial charge in [0.2, 0.25) is 0 Å². The van der Waals surface area contributed by atoms with Crippen LogP contribution in [0.25, 0.3) is 11.3 Å². The van der Waals surface area contributed by atoms with Gasteiger partial charge in [-0.2, -0.15) is 5.10 Å². The Balaban J connectivity index is 2.55. The second-order valence-corrected chi connectivity index (χ2v) is 4.27. The summed E-state index contributed by atoms with van der Waals surface area (Å²) in [6, 6.07) is 5.72. The van der Waals surface area contributed by atoms with Gasteiger partial charge in [0, 0.05) is 30.9 Å². The molecule has 0 bridgehead atoms. The third-order valence-electron chi connectivity index (χ3n) is 2.93. The highest BCUT2D eigenvalue weighted by atomic mass is 16.5. The molecule has 0 radical (unpaired) electrons. The van der Waals surface area contributed by atoms with Gasteiger partial charge >= 0.3 is 0 Å². The Kier molecular flexibility index (Phi) is 4.06. The summed E-state index contributed by atoms with van der Waals surface area (Å²) < 4.78 is 12.5. The molecule has 5 heteroatoms. The first-order chi connectivity index (χ1) is 9.19. The monoisotopic (exact) mass is 261 g/mol. The van der Waals surface area contributed by atoms with Crippen molar-refractivity contribution in [3.8, 4) is 22.8 Å². The van der Waals surface area contributed by atoms with Crippen molar-refractivity contribution in [3.05, 3.63) is 30.0 Å². The van der Waals surface area contributed by atoms with E-state index in [1.54, 1.807) is 18.9 Å². The Morgan fingerprint density at radius 1 is 1.26 bits per heavy atom. The molecule has 19 heavy (non-hydrogen) atoms. The molecule has 1 aromatic carbocycles. The maximum atomic E-state index is 5.42. The number of methoxy groups -OCH3 is 2. The van der Waals surface area contributed by atoms with Crippen LogP contribution in [0.4, 0.5) is 0 Å². The molecule has 0 fully saturated rings. The highest BCUT2D eigenvalue weighted by Gasteiger charge is 2.15. The van der Waals surface area contributed by atoms with Crippen LogP contribution in [0.3, 0.4) is 0 Å². The summed E-state index contributed by atoms with van der Waals surface area (Å²) in [7, 11) is 7.14. The zero-order chi connectivity index (χ0) is 13.8. The second-order valence-electron chi connectivity index (χ2n) is 4.27. The first kappa shape index (κ1) is 13.4. The first-order valence-electron chi connectivity index (χ1n) is 6.09. The molecule has 0 unspecified atom stereocenters. The first-order valence-corrected chi connectivity index (χ1v) is 6.09. The van der Waals surface area contributed by atoms with Gasteiger partial charge in [0.15, 0.2) is 0 Å². The summed E-state index contributed by atoms with van der Waals surface area (Å²) in [6.07, 6.45) is 2.00. The highest BCUT2D eigenvalue weighted by Crippen LogP contribution is 2.34. The van der Waals surface area contributed by atoms with E-state index in [0.29, 0.717) is 0 Å². The van der Waals surface area contributed by atoms with Crippen molar-refractivity contribution in [3.63, 3.8) is 0 Å². The number of nitrogens with zero attached hydrogens (tertiary/aromatic N) is 2. The summed E-state index contributed by atoms with van der Waals surface area (Å²) in [5.74, 6) is 1.58. The SMILES string of the molecule is CNCc1cn(C)nc1-c1cc(OC)ccc1OC.